The van der Waals surface area contributed by atoms with E-state index >= 15 is 0 Å². The van der Waals surface area contributed by atoms with Gasteiger partial charge < -0.3 is 5.32 Å². The summed E-state index contributed by atoms with van der Waals surface area (Å²) in [5.74, 6) is 0. The van der Waals surface area contributed by atoms with Crippen molar-refractivity contribution < 1.29 is 0 Å². The molecule has 1 aromatic rings. The highest BCUT2D eigenvalue weighted by atomic mass is 35.5. The molecule has 1 aromatic heterocycles. The summed E-state index contributed by atoms with van der Waals surface area (Å²) in [4.78, 5) is 3.84. The van der Waals surface area contributed by atoms with Crippen molar-refractivity contribution in [1.29, 1.82) is 0 Å². The van der Waals surface area contributed by atoms with E-state index in [0.717, 1.165) is 17.4 Å². The zero-order valence-electron chi connectivity index (χ0n) is 8.70. The van der Waals surface area contributed by atoms with Gasteiger partial charge in [0.05, 0.1) is 4.34 Å². The molecule has 2 rings (SSSR count). The van der Waals surface area contributed by atoms with Crippen molar-refractivity contribution in [3.8, 4) is 0 Å². The fourth-order valence-corrected chi connectivity index (χ4v) is 3.00. The minimum atomic E-state index is 0. The highest BCUT2D eigenvalue weighted by molar-refractivity contribution is 7.16. The lowest BCUT2D eigenvalue weighted by Gasteiger charge is -2.14. The molecule has 1 N–H and O–H groups in total. The molecule has 86 valence electrons. The van der Waals surface area contributed by atoms with Crippen LogP contribution < -0.4 is 5.32 Å². The molecule has 0 spiro atoms. The molecular formula is C10H16Cl2N2S. The van der Waals surface area contributed by atoms with Crippen molar-refractivity contribution in [2.45, 2.75) is 19.0 Å². The monoisotopic (exact) mass is 266 g/mol. The Labute approximate surface area is 106 Å². The van der Waals surface area contributed by atoms with Crippen LogP contribution >= 0.6 is 35.3 Å². The molecule has 2 heterocycles. The average Bonchev–Trinajstić information content (AvgIpc) is 2.76. The minimum Gasteiger partial charge on any atom is -0.316 e. The lowest BCUT2D eigenvalue weighted by Crippen LogP contribution is -2.29. The van der Waals surface area contributed by atoms with Crippen LogP contribution in [-0.4, -0.2) is 31.1 Å². The molecule has 0 bridgehead atoms. The average molecular weight is 267 g/mol. The van der Waals surface area contributed by atoms with Crippen LogP contribution in [0.5, 0.6) is 0 Å². The molecule has 0 aromatic carbocycles. The predicted octanol–water partition coefficient (Wildman–Crippen LogP) is 2.62. The maximum absolute atomic E-state index is 5.89. The van der Waals surface area contributed by atoms with Crippen LogP contribution in [0.2, 0.25) is 4.34 Å². The van der Waals surface area contributed by atoms with E-state index in [0.29, 0.717) is 6.04 Å². The predicted molar refractivity (Wildman–Crippen MR) is 69.3 cm³/mol. The highest BCUT2D eigenvalue weighted by Gasteiger charge is 2.20. The Morgan fingerprint density at radius 3 is 2.93 bits per heavy atom. The van der Waals surface area contributed by atoms with Gasteiger partial charge in [-0.1, -0.05) is 11.6 Å². The normalized spacial score (nSPS) is 21.6. The van der Waals surface area contributed by atoms with Gasteiger partial charge in [-0.3, -0.25) is 4.90 Å². The molecule has 0 radical (unpaired) electrons. The molecule has 0 amide bonds. The van der Waals surface area contributed by atoms with E-state index in [1.165, 1.54) is 17.8 Å². The molecule has 0 aliphatic carbocycles. The van der Waals surface area contributed by atoms with E-state index in [4.69, 9.17) is 11.6 Å². The Kier molecular flexibility index (Phi) is 5.36. The number of rotatable bonds is 3. The van der Waals surface area contributed by atoms with E-state index in [-0.39, 0.29) is 12.4 Å². The van der Waals surface area contributed by atoms with Crippen LogP contribution in [0.25, 0.3) is 0 Å². The van der Waals surface area contributed by atoms with Gasteiger partial charge in [0.15, 0.2) is 0 Å². The first-order chi connectivity index (χ1) is 6.78. The van der Waals surface area contributed by atoms with Gasteiger partial charge in [0.2, 0.25) is 0 Å². The van der Waals surface area contributed by atoms with Gasteiger partial charge in [0.25, 0.3) is 0 Å². The zero-order chi connectivity index (χ0) is 9.97. The number of likely N-dealkylation sites (tertiary alicyclic amines) is 1. The largest absolute Gasteiger partial charge is 0.316 e. The molecule has 0 saturated carbocycles. The SMILES string of the molecule is CNC1CCN(Cc2ccc(Cl)s2)C1.Cl. The van der Waals surface area contributed by atoms with E-state index in [1.807, 2.05) is 13.1 Å². The van der Waals surface area contributed by atoms with Crippen LogP contribution in [0.1, 0.15) is 11.3 Å². The topological polar surface area (TPSA) is 15.3 Å². The van der Waals surface area contributed by atoms with Gasteiger partial charge in [-0.15, -0.1) is 23.7 Å². The lowest BCUT2D eigenvalue weighted by atomic mass is 10.3. The quantitative estimate of drug-likeness (QED) is 0.905. The van der Waals surface area contributed by atoms with Crippen molar-refractivity contribution in [2.24, 2.45) is 0 Å². The first kappa shape index (κ1) is 13.3. The Morgan fingerprint density at radius 2 is 2.40 bits per heavy atom. The third-order valence-corrected chi connectivity index (χ3v) is 3.90. The molecule has 1 atom stereocenters. The van der Waals surface area contributed by atoms with Crippen molar-refractivity contribution in [3.05, 3.63) is 21.3 Å². The first-order valence-corrected chi connectivity index (χ1v) is 6.11. The van der Waals surface area contributed by atoms with Crippen LogP contribution in [0.15, 0.2) is 12.1 Å². The number of hydrogen-bond donors (Lipinski definition) is 1. The fraction of sp³-hybridized carbons (Fsp3) is 0.600. The van der Waals surface area contributed by atoms with Crippen LogP contribution in [0.3, 0.4) is 0 Å². The number of hydrogen-bond acceptors (Lipinski definition) is 3. The Hall–Kier alpha value is 0.200. The van der Waals surface area contributed by atoms with Crippen molar-refractivity contribution >= 4 is 35.3 Å². The number of halogens is 2. The van der Waals surface area contributed by atoms with E-state index in [2.05, 4.69) is 16.3 Å². The smallest absolute Gasteiger partial charge is 0.0931 e. The van der Waals surface area contributed by atoms with E-state index < -0.39 is 0 Å². The molecule has 1 aliphatic heterocycles. The molecule has 5 heteroatoms. The minimum absolute atomic E-state index is 0. The summed E-state index contributed by atoms with van der Waals surface area (Å²) in [7, 11) is 2.04. The summed E-state index contributed by atoms with van der Waals surface area (Å²) in [6.45, 7) is 3.41. The first-order valence-electron chi connectivity index (χ1n) is 4.92. The highest BCUT2D eigenvalue weighted by Crippen LogP contribution is 2.23. The number of thiophene rings is 1. The summed E-state index contributed by atoms with van der Waals surface area (Å²) < 4.78 is 0.893. The van der Waals surface area contributed by atoms with Gasteiger partial charge in [-0.2, -0.15) is 0 Å². The zero-order valence-corrected chi connectivity index (χ0v) is 11.1. The Bertz CT molecular complexity index is 303. The third-order valence-electron chi connectivity index (χ3n) is 2.69. The molecular weight excluding hydrogens is 251 g/mol. The van der Waals surface area contributed by atoms with Gasteiger partial charge >= 0.3 is 0 Å². The van der Waals surface area contributed by atoms with Crippen LogP contribution in [0.4, 0.5) is 0 Å². The van der Waals surface area contributed by atoms with Crippen LogP contribution in [0, 0.1) is 0 Å². The Balaban J connectivity index is 0.00000112. The molecule has 1 fully saturated rings. The second-order valence-corrected chi connectivity index (χ2v) is 5.51. The summed E-state index contributed by atoms with van der Waals surface area (Å²) in [5.41, 5.74) is 0. The molecule has 1 unspecified atom stereocenters. The Morgan fingerprint density at radius 1 is 1.60 bits per heavy atom. The fourth-order valence-electron chi connectivity index (χ4n) is 1.87. The summed E-state index contributed by atoms with van der Waals surface area (Å²) in [6.07, 6.45) is 1.26. The van der Waals surface area contributed by atoms with Crippen molar-refractivity contribution in [3.63, 3.8) is 0 Å². The third kappa shape index (κ3) is 3.61. The van der Waals surface area contributed by atoms with Crippen LogP contribution in [-0.2, 0) is 6.54 Å². The van der Waals surface area contributed by atoms with E-state index in [1.54, 1.807) is 11.3 Å². The number of nitrogens with zero attached hydrogens (tertiary/aromatic N) is 1. The molecule has 15 heavy (non-hydrogen) atoms. The lowest BCUT2D eigenvalue weighted by molar-refractivity contribution is 0.325. The van der Waals surface area contributed by atoms with Gasteiger partial charge in [-0.05, 0) is 25.6 Å². The maximum Gasteiger partial charge on any atom is 0.0931 e. The standard InChI is InChI=1S/C10H15ClN2S.ClH/c1-12-8-4-5-13(6-8)7-9-2-3-10(11)14-9;/h2-3,8,12H,4-7H2,1H3;1H. The van der Waals surface area contributed by atoms with Gasteiger partial charge in [-0.25, -0.2) is 0 Å². The van der Waals surface area contributed by atoms with Gasteiger partial charge in [0.1, 0.15) is 0 Å². The van der Waals surface area contributed by atoms with Crippen molar-refractivity contribution in [2.75, 3.05) is 20.1 Å². The molecule has 1 saturated heterocycles. The molecule has 1 aliphatic rings. The maximum atomic E-state index is 5.89. The number of nitrogens with one attached hydrogen (secondary N) is 1. The number of likely N-dealkylation sites (N-methyl/N-ethyl adjacent to an activating group) is 1. The molecule has 2 nitrogen and oxygen atoms in total. The second-order valence-electron chi connectivity index (χ2n) is 3.72. The summed E-state index contributed by atoms with van der Waals surface area (Å²) in [6, 6.07) is 4.78. The summed E-state index contributed by atoms with van der Waals surface area (Å²) in [5, 5.41) is 3.32. The second kappa shape index (κ2) is 6.06. The summed E-state index contributed by atoms with van der Waals surface area (Å²) >= 11 is 7.58. The van der Waals surface area contributed by atoms with Crippen molar-refractivity contribution in [1.82, 2.24) is 10.2 Å². The van der Waals surface area contributed by atoms with E-state index in [9.17, 15) is 0 Å². The van der Waals surface area contributed by atoms with Gasteiger partial charge in [0, 0.05) is 30.6 Å².